The highest BCUT2D eigenvalue weighted by atomic mass is 16.5. The molecule has 0 radical (unpaired) electrons. The second-order valence-electron chi connectivity index (χ2n) is 9.80. The fourth-order valence-corrected chi connectivity index (χ4v) is 6.06. The van der Waals surface area contributed by atoms with Crippen molar-refractivity contribution in [3.63, 3.8) is 0 Å². The van der Waals surface area contributed by atoms with E-state index in [9.17, 15) is 0 Å². The number of nitrogens with zero attached hydrogens (tertiary/aromatic N) is 2. The number of ether oxygens (including phenoxy) is 2. The van der Waals surface area contributed by atoms with E-state index < -0.39 is 5.41 Å². The molecule has 2 aromatic heterocycles. The number of aromatic nitrogens is 2. The Morgan fingerprint density at radius 3 is 1.31 bits per heavy atom. The first-order valence-corrected chi connectivity index (χ1v) is 13.0. The molecule has 4 heteroatoms. The molecule has 4 heterocycles. The van der Waals surface area contributed by atoms with Crippen LogP contribution in [0.3, 0.4) is 0 Å². The number of hydrogen-bond acceptors (Lipinski definition) is 4. The van der Waals surface area contributed by atoms with E-state index in [1.165, 1.54) is 0 Å². The van der Waals surface area contributed by atoms with E-state index in [1.54, 1.807) is 0 Å². The van der Waals surface area contributed by atoms with Crippen molar-refractivity contribution < 1.29 is 9.47 Å². The minimum absolute atomic E-state index is 0.625. The van der Waals surface area contributed by atoms with Gasteiger partial charge in [0.25, 0.3) is 0 Å². The summed E-state index contributed by atoms with van der Waals surface area (Å²) in [7, 11) is 0. The van der Waals surface area contributed by atoms with Crippen molar-refractivity contribution >= 4 is 0 Å². The Bertz CT molecular complexity index is 1730. The van der Waals surface area contributed by atoms with E-state index in [2.05, 4.69) is 70.6 Å². The number of para-hydroxylation sites is 2. The van der Waals surface area contributed by atoms with Gasteiger partial charge in [0.05, 0.1) is 16.8 Å². The van der Waals surface area contributed by atoms with Gasteiger partial charge in [-0.15, -0.1) is 0 Å². The summed E-state index contributed by atoms with van der Waals surface area (Å²) in [4.78, 5) is 9.15. The molecule has 4 nitrogen and oxygen atoms in total. The first-order valence-electron chi connectivity index (χ1n) is 13.0. The Hall–Kier alpha value is -5.22. The van der Waals surface area contributed by atoms with Crippen LogP contribution < -0.4 is 9.47 Å². The van der Waals surface area contributed by atoms with Crippen LogP contribution in [0.15, 0.2) is 134 Å². The molecule has 8 rings (SSSR count). The van der Waals surface area contributed by atoms with Gasteiger partial charge in [0.1, 0.15) is 23.0 Å². The average Bonchev–Trinajstić information content (AvgIpc) is 3.01. The van der Waals surface area contributed by atoms with Gasteiger partial charge >= 0.3 is 0 Å². The number of pyridine rings is 2. The molecule has 0 unspecified atom stereocenters. The lowest BCUT2D eigenvalue weighted by molar-refractivity contribution is 0.399. The van der Waals surface area contributed by atoms with E-state index in [0.717, 1.165) is 67.8 Å². The van der Waals surface area contributed by atoms with E-state index in [4.69, 9.17) is 9.47 Å². The molecule has 1 spiro atoms. The van der Waals surface area contributed by atoms with Crippen molar-refractivity contribution in [1.29, 1.82) is 0 Å². The SMILES string of the molecule is c1ccc(-c2ccc3c(c2)Oc2ccccc2C32c3ccccc3Oc3cc(-c4ccccn4)ccc32)nc1. The Morgan fingerprint density at radius 1 is 0.410 bits per heavy atom. The van der Waals surface area contributed by atoms with E-state index in [0.29, 0.717) is 0 Å². The van der Waals surface area contributed by atoms with Crippen molar-refractivity contribution in [2.75, 3.05) is 0 Å². The molecule has 2 aliphatic heterocycles. The maximum Gasteiger partial charge on any atom is 0.132 e. The van der Waals surface area contributed by atoms with Crippen LogP contribution in [-0.4, -0.2) is 9.97 Å². The quantitative estimate of drug-likeness (QED) is 0.238. The van der Waals surface area contributed by atoms with Crippen LogP contribution in [0.4, 0.5) is 0 Å². The second kappa shape index (κ2) is 8.40. The zero-order valence-electron chi connectivity index (χ0n) is 20.9. The predicted molar refractivity (Wildman–Crippen MR) is 151 cm³/mol. The van der Waals surface area contributed by atoms with Gasteiger partial charge in [0.2, 0.25) is 0 Å². The minimum Gasteiger partial charge on any atom is -0.457 e. The zero-order valence-corrected chi connectivity index (χ0v) is 20.9. The Labute approximate surface area is 226 Å². The molecule has 0 atom stereocenters. The van der Waals surface area contributed by atoms with E-state index in [1.807, 2.05) is 73.1 Å². The van der Waals surface area contributed by atoms with Crippen LogP contribution in [0.2, 0.25) is 0 Å². The summed E-state index contributed by atoms with van der Waals surface area (Å²) in [6.07, 6.45) is 3.63. The largest absolute Gasteiger partial charge is 0.457 e. The number of rotatable bonds is 2. The smallest absolute Gasteiger partial charge is 0.132 e. The first-order chi connectivity index (χ1) is 19.3. The van der Waals surface area contributed by atoms with Gasteiger partial charge < -0.3 is 9.47 Å². The summed E-state index contributed by atoms with van der Waals surface area (Å²) < 4.78 is 13.2. The summed E-state index contributed by atoms with van der Waals surface area (Å²) in [5, 5.41) is 0. The summed E-state index contributed by atoms with van der Waals surface area (Å²) in [6.45, 7) is 0. The van der Waals surface area contributed by atoms with Gasteiger partial charge in [0.15, 0.2) is 0 Å². The lowest BCUT2D eigenvalue weighted by atomic mass is 9.62. The van der Waals surface area contributed by atoms with Crippen LogP contribution in [-0.2, 0) is 5.41 Å². The normalized spacial score (nSPS) is 13.7. The number of hydrogen-bond donors (Lipinski definition) is 0. The van der Waals surface area contributed by atoms with Gasteiger partial charge in [-0.25, -0.2) is 0 Å². The monoisotopic (exact) mass is 502 g/mol. The molecule has 0 amide bonds. The van der Waals surface area contributed by atoms with Crippen molar-refractivity contribution in [2.24, 2.45) is 0 Å². The Morgan fingerprint density at radius 2 is 0.846 bits per heavy atom. The molecule has 2 aliphatic rings. The van der Waals surface area contributed by atoms with Crippen LogP contribution >= 0.6 is 0 Å². The Kier molecular flexibility index (Phi) is 4.70. The fourth-order valence-electron chi connectivity index (χ4n) is 6.06. The van der Waals surface area contributed by atoms with Gasteiger partial charge in [-0.3, -0.25) is 9.97 Å². The molecule has 6 aromatic rings. The summed E-state index contributed by atoms with van der Waals surface area (Å²) in [6, 6.07) is 41.4. The van der Waals surface area contributed by atoms with Crippen LogP contribution in [0.25, 0.3) is 22.5 Å². The second-order valence-corrected chi connectivity index (χ2v) is 9.80. The van der Waals surface area contributed by atoms with Crippen LogP contribution in [0.5, 0.6) is 23.0 Å². The third kappa shape index (κ3) is 3.18. The summed E-state index contributed by atoms with van der Waals surface area (Å²) in [5.41, 5.74) is 7.53. The molecule has 4 aromatic carbocycles. The average molecular weight is 503 g/mol. The van der Waals surface area contributed by atoms with Crippen molar-refractivity contribution in [3.05, 3.63) is 156 Å². The maximum atomic E-state index is 6.61. The van der Waals surface area contributed by atoms with Gasteiger partial charge in [-0.1, -0.05) is 72.8 Å². The molecule has 0 aliphatic carbocycles. The Balaban J connectivity index is 1.44. The molecule has 39 heavy (non-hydrogen) atoms. The standard InChI is InChI=1S/C35H22N2O2/c1-3-13-31-25(9-1)35(27-17-15-23(21-33(27)38-31)29-11-5-7-19-36-29)26-10-2-4-14-32(26)39-34-22-24(16-18-28(34)35)30-12-6-8-20-37-30/h1-22H. The van der Waals surface area contributed by atoms with Crippen molar-refractivity contribution in [2.45, 2.75) is 5.41 Å². The minimum atomic E-state index is -0.625. The number of benzene rings is 4. The molecule has 0 N–H and O–H groups in total. The van der Waals surface area contributed by atoms with Gasteiger partial charge in [0, 0.05) is 45.8 Å². The predicted octanol–water partition coefficient (Wildman–Crippen LogP) is 8.40. The highest BCUT2D eigenvalue weighted by Crippen LogP contribution is 2.61. The van der Waals surface area contributed by atoms with Crippen LogP contribution in [0.1, 0.15) is 22.3 Å². The molecule has 0 saturated carbocycles. The third-order valence-corrected chi connectivity index (χ3v) is 7.71. The van der Waals surface area contributed by atoms with Gasteiger partial charge in [-0.2, -0.15) is 0 Å². The lowest BCUT2D eigenvalue weighted by Crippen LogP contribution is -2.36. The molecule has 184 valence electrons. The molecular weight excluding hydrogens is 480 g/mol. The van der Waals surface area contributed by atoms with Gasteiger partial charge in [-0.05, 0) is 48.5 Å². The third-order valence-electron chi connectivity index (χ3n) is 7.71. The molecular formula is C35H22N2O2. The molecule has 0 fully saturated rings. The molecule has 0 saturated heterocycles. The lowest BCUT2D eigenvalue weighted by Gasteiger charge is -2.45. The molecule has 0 bridgehead atoms. The maximum absolute atomic E-state index is 6.61. The fraction of sp³-hybridized carbons (Fsp3) is 0.0286. The zero-order chi connectivity index (χ0) is 25.8. The highest BCUT2D eigenvalue weighted by molar-refractivity contribution is 5.78. The highest BCUT2D eigenvalue weighted by Gasteiger charge is 2.50. The van der Waals surface area contributed by atoms with E-state index >= 15 is 0 Å². The first kappa shape index (κ1) is 21.8. The van der Waals surface area contributed by atoms with E-state index in [-0.39, 0.29) is 0 Å². The number of fused-ring (bicyclic) bond motifs is 8. The summed E-state index contributed by atoms with van der Waals surface area (Å²) >= 11 is 0. The van der Waals surface area contributed by atoms with Crippen molar-refractivity contribution in [3.8, 4) is 45.5 Å². The van der Waals surface area contributed by atoms with Crippen LogP contribution in [0, 0.1) is 0 Å². The van der Waals surface area contributed by atoms with Crippen molar-refractivity contribution in [1.82, 2.24) is 9.97 Å². The topological polar surface area (TPSA) is 44.2 Å². The summed E-state index contributed by atoms with van der Waals surface area (Å²) in [5.74, 6) is 3.29.